The van der Waals surface area contributed by atoms with Crippen molar-refractivity contribution in [1.29, 1.82) is 0 Å². The van der Waals surface area contributed by atoms with Gasteiger partial charge in [-0.1, -0.05) is 16.9 Å². The van der Waals surface area contributed by atoms with Crippen LogP contribution in [0.1, 0.15) is 12.6 Å². The number of hydrogen-bond donors (Lipinski definition) is 1. The molecule has 4 nitrogen and oxygen atoms in total. The molecule has 0 amide bonds. The molecule has 0 aliphatic rings. The summed E-state index contributed by atoms with van der Waals surface area (Å²) in [4.78, 5) is 8.30. The van der Waals surface area contributed by atoms with Gasteiger partial charge in [-0.2, -0.15) is 0 Å². The number of nitrogens with zero attached hydrogens (tertiary/aromatic N) is 3. The molecule has 0 spiro atoms. The number of nitrogens with one attached hydrogen (secondary N) is 1. The number of hydrogen-bond acceptors (Lipinski definition) is 2. The third-order valence-electron chi connectivity index (χ3n) is 1.61. The third kappa shape index (κ3) is 1.45. The molecule has 2 rings (SSSR count). The van der Waals surface area contributed by atoms with E-state index in [-0.39, 0.29) is 17.0 Å². The SMILES string of the molecule is CCc1cc[n+]2[nH]cnc2n1.[Br-]. The second kappa shape index (κ2) is 3.62. The Balaban J connectivity index is 0.000000720. The predicted molar refractivity (Wildman–Crippen MR) is 38.9 cm³/mol. The minimum Gasteiger partial charge on any atom is -1.00 e. The van der Waals surface area contributed by atoms with Gasteiger partial charge in [-0.05, 0) is 0 Å². The molecule has 0 saturated carbocycles. The Morgan fingerprint density at radius 3 is 3.17 bits per heavy atom. The van der Waals surface area contributed by atoms with Crippen molar-refractivity contribution in [2.75, 3.05) is 0 Å². The quantitative estimate of drug-likeness (QED) is 0.533. The van der Waals surface area contributed by atoms with Crippen LogP contribution in [-0.2, 0) is 6.42 Å². The molecule has 0 aromatic carbocycles. The van der Waals surface area contributed by atoms with Gasteiger partial charge in [-0.3, -0.25) is 0 Å². The lowest BCUT2D eigenvalue weighted by Gasteiger charge is -1.85. The molecule has 0 saturated heterocycles. The van der Waals surface area contributed by atoms with Gasteiger partial charge in [-0.15, -0.1) is 4.52 Å². The number of halogens is 1. The van der Waals surface area contributed by atoms with Gasteiger partial charge in [0.05, 0.1) is 6.20 Å². The molecular formula is C7H9BrN4. The van der Waals surface area contributed by atoms with Gasteiger partial charge in [0.25, 0.3) is 0 Å². The zero-order valence-electron chi connectivity index (χ0n) is 6.66. The Morgan fingerprint density at radius 2 is 2.42 bits per heavy atom. The molecule has 0 aliphatic heterocycles. The van der Waals surface area contributed by atoms with E-state index in [0.29, 0.717) is 0 Å². The van der Waals surface area contributed by atoms with Gasteiger partial charge < -0.3 is 17.0 Å². The van der Waals surface area contributed by atoms with Crippen molar-refractivity contribution in [3.05, 3.63) is 24.3 Å². The van der Waals surface area contributed by atoms with E-state index in [9.17, 15) is 0 Å². The molecule has 2 aromatic heterocycles. The van der Waals surface area contributed by atoms with Crippen molar-refractivity contribution in [3.8, 4) is 0 Å². The van der Waals surface area contributed by atoms with E-state index in [4.69, 9.17) is 0 Å². The van der Waals surface area contributed by atoms with Crippen molar-refractivity contribution in [1.82, 2.24) is 15.1 Å². The summed E-state index contributed by atoms with van der Waals surface area (Å²) >= 11 is 0. The summed E-state index contributed by atoms with van der Waals surface area (Å²) in [7, 11) is 0. The first-order chi connectivity index (χ1) is 5.40. The maximum absolute atomic E-state index is 4.27. The minimum absolute atomic E-state index is 0. The fourth-order valence-electron chi connectivity index (χ4n) is 0.984. The molecule has 2 heterocycles. The lowest BCUT2D eigenvalue weighted by Crippen LogP contribution is -3.00. The number of rotatable bonds is 1. The molecule has 0 unspecified atom stereocenters. The first-order valence-electron chi connectivity index (χ1n) is 3.61. The van der Waals surface area contributed by atoms with Crippen LogP contribution in [0.25, 0.3) is 5.78 Å². The van der Waals surface area contributed by atoms with E-state index < -0.39 is 0 Å². The molecular weight excluding hydrogens is 220 g/mol. The normalized spacial score (nSPS) is 9.75. The lowest BCUT2D eigenvalue weighted by atomic mass is 10.3. The van der Waals surface area contributed by atoms with Gasteiger partial charge in [0, 0.05) is 12.5 Å². The monoisotopic (exact) mass is 228 g/mol. The van der Waals surface area contributed by atoms with Crippen molar-refractivity contribution >= 4 is 5.78 Å². The zero-order chi connectivity index (χ0) is 7.68. The molecule has 1 N–H and O–H groups in total. The standard InChI is InChI=1S/C7H8N4.BrH/c1-2-6-3-4-11-7(10-6)8-5-9-11;/h3-5H,2H2,1H3;1H. The van der Waals surface area contributed by atoms with Crippen LogP contribution >= 0.6 is 0 Å². The Kier molecular flexibility index (Phi) is 2.75. The number of aryl methyl sites for hydroxylation is 1. The molecule has 64 valence electrons. The second-order valence-electron chi connectivity index (χ2n) is 2.33. The average molecular weight is 229 g/mol. The average Bonchev–Trinajstić information content (AvgIpc) is 2.50. The summed E-state index contributed by atoms with van der Waals surface area (Å²) in [5.41, 5.74) is 1.07. The van der Waals surface area contributed by atoms with Crippen molar-refractivity contribution < 1.29 is 21.5 Å². The van der Waals surface area contributed by atoms with Crippen LogP contribution in [0.15, 0.2) is 18.6 Å². The summed E-state index contributed by atoms with van der Waals surface area (Å²) in [5, 5.41) is 2.91. The van der Waals surface area contributed by atoms with E-state index in [2.05, 4.69) is 22.0 Å². The highest BCUT2D eigenvalue weighted by molar-refractivity contribution is 5.15. The molecule has 2 aromatic rings. The van der Waals surface area contributed by atoms with Crippen molar-refractivity contribution in [2.24, 2.45) is 0 Å². The van der Waals surface area contributed by atoms with Crippen LogP contribution in [0, 0.1) is 0 Å². The summed E-state index contributed by atoms with van der Waals surface area (Å²) in [6.45, 7) is 2.07. The van der Waals surface area contributed by atoms with Gasteiger partial charge >= 0.3 is 5.78 Å². The van der Waals surface area contributed by atoms with E-state index in [1.807, 2.05) is 12.3 Å². The number of aromatic nitrogens is 4. The summed E-state index contributed by atoms with van der Waals surface area (Å²) in [6.07, 6.45) is 4.50. The number of aromatic amines is 1. The zero-order valence-corrected chi connectivity index (χ0v) is 8.24. The Bertz CT molecular complexity index is 370. The Labute approximate surface area is 80.4 Å². The molecule has 0 aliphatic carbocycles. The van der Waals surface area contributed by atoms with Gasteiger partial charge in [0.1, 0.15) is 5.69 Å². The van der Waals surface area contributed by atoms with Gasteiger partial charge in [0.2, 0.25) is 0 Å². The second-order valence-corrected chi connectivity index (χ2v) is 2.33. The minimum atomic E-state index is 0. The highest BCUT2D eigenvalue weighted by atomic mass is 79.9. The van der Waals surface area contributed by atoms with Crippen LogP contribution in [-0.4, -0.2) is 15.1 Å². The smallest absolute Gasteiger partial charge is 0.456 e. The maximum Gasteiger partial charge on any atom is 0.456 e. The number of fused-ring (bicyclic) bond motifs is 1. The predicted octanol–water partition coefficient (Wildman–Crippen LogP) is -2.89. The van der Waals surface area contributed by atoms with E-state index in [0.717, 1.165) is 17.9 Å². The third-order valence-corrected chi connectivity index (χ3v) is 1.61. The molecule has 0 fully saturated rings. The van der Waals surface area contributed by atoms with Crippen LogP contribution in [0.2, 0.25) is 0 Å². The lowest BCUT2D eigenvalue weighted by molar-refractivity contribution is -0.579. The van der Waals surface area contributed by atoms with Crippen LogP contribution in [0.4, 0.5) is 0 Å². The van der Waals surface area contributed by atoms with E-state index >= 15 is 0 Å². The molecule has 0 radical (unpaired) electrons. The Hall–Kier alpha value is -0.970. The highest BCUT2D eigenvalue weighted by Crippen LogP contribution is 1.92. The summed E-state index contributed by atoms with van der Waals surface area (Å²) in [6, 6.07) is 1.98. The van der Waals surface area contributed by atoms with Crippen LogP contribution in [0.5, 0.6) is 0 Å². The summed E-state index contributed by atoms with van der Waals surface area (Å²) in [5.74, 6) is 0.726. The highest BCUT2D eigenvalue weighted by Gasteiger charge is 2.05. The first-order valence-corrected chi connectivity index (χ1v) is 3.61. The molecule has 5 heteroatoms. The van der Waals surface area contributed by atoms with Crippen molar-refractivity contribution in [3.63, 3.8) is 0 Å². The number of H-pyrrole nitrogens is 1. The molecule has 12 heavy (non-hydrogen) atoms. The van der Waals surface area contributed by atoms with Crippen LogP contribution in [0.3, 0.4) is 0 Å². The van der Waals surface area contributed by atoms with Crippen molar-refractivity contribution in [2.45, 2.75) is 13.3 Å². The fourth-order valence-corrected chi connectivity index (χ4v) is 0.984. The van der Waals surface area contributed by atoms with E-state index in [1.54, 1.807) is 10.8 Å². The molecule has 0 bridgehead atoms. The van der Waals surface area contributed by atoms with E-state index in [1.165, 1.54) is 0 Å². The van der Waals surface area contributed by atoms with Crippen LogP contribution < -0.4 is 21.5 Å². The fraction of sp³-hybridized carbons (Fsp3) is 0.286. The van der Waals surface area contributed by atoms with Gasteiger partial charge in [0.15, 0.2) is 6.33 Å². The Morgan fingerprint density at radius 1 is 1.58 bits per heavy atom. The maximum atomic E-state index is 4.27. The topological polar surface area (TPSA) is 45.7 Å². The molecule has 0 atom stereocenters. The van der Waals surface area contributed by atoms with Gasteiger partial charge in [-0.25, -0.2) is 5.10 Å². The summed E-state index contributed by atoms with van der Waals surface area (Å²) < 4.78 is 1.78. The largest absolute Gasteiger partial charge is 1.00 e. The first kappa shape index (κ1) is 9.12.